The van der Waals surface area contributed by atoms with Crippen LogP contribution < -0.4 is 35.1 Å². The fourth-order valence-electron chi connectivity index (χ4n) is 6.23. The highest BCUT2D eigenvalue weighted by Gasteiger charge is 2.35. The Morgan fingerprint density at radius 1 is 1.13 bits per heavy atom. The minimum absolute atomic E-state index is 0.288. The maximum absolute atomic E-state index is 12.4. The van der Waals surface area contributed by atoms with E-state index >= 15 is 0 Å². The molecule has 1 unspecified atom stereocenters. The first-order chi connectivity index (χ1) is 21.9. The predicted octanol–water partition coefficient (Wildman–Crippen LogP) is 4.58. The number of hydrogen-bond donors (Lipinski definition) is 2. The quantitative estimate of drug-likeness (QED) is 0.259. The summed E-state index contributed by atoms with van der Waals surface area (Å²) < 4.78 is 24.7. The lowest BCUT2D eigenvalue weighted by atomic mass is 9.96. The molecule has 1 aliphatic carbocycles. The zero-order valence-corrected chi connectivity index (χ0v) is 25.8. The van der Waals surface area contributed by atoms with Crippen LogP contribution in [0.25, 0.3) is 11.2 Å². The maximum atomic E-state index is 12.4. The number of fused-ring (bicyclic) bond motifs is 4. The highest BCUT2D eigenvalue weighted by atomic mass is 16.5. The molecule has 2 aliphatic heterocycles. The van der Waals surface area contributed by atoms with Crippen LogP contribution in [0.5, 0.6) is 17.2 Å². The number of carbonyl (C=O) groups is 1. The normalized spacial score (nSPS) is 17.3. The van der Waals surface area contributed by atoms with Crippen molar-refractivity contribution in [3.8, 4) is 17.2 Å². The molecule has 45 heavy (non-hydrogen) atoms. The second-order valence-corrected chi connectivity index (χ2v) is 11.8. The van der Waals surface area contributed by atoms with Gasteiger partial charge in [0, 0.05) is 37.8 Å². The molecule has 1 aromatic carbocycles. The first-order valence-corrected chi connectivity index (χ1v) is 15.3. The molecule has 0 radical (unpaired) electrons. The van der Waals surface area contributed by atoms with Gasteiger partial charge in [-0.3, -0.25) is 0 Å². The molecule has 2 fully saturated rings. The van der Waals surface area contributed by atoms with Crippen LogP contribution in [0.4, 0.5) is 27.8 Å². The lowest BCUT2D eigenvalue weighted by molar-refractivity contribution is -0.0101. The van der Waals surface area contributed by atoms with Crippen LogP contribution in [-0.4, -0.2) is 72.1 Å². The number of carbonyl (C=O) groups excluding carboxylic acids is 1. The topological polar surface area (TPSA) is 142 Å². The molecule has 0 bridgehead atoms. The fourth-order valence-corrected chi connectivity index (χ4v) is 6.23. The Morgan fingerprint density at radius 3 is 2.76 bits per heavy atom. The van der Waals surface area contributed by atoms with Gasteiger partial charge in [-0.1, -0.05) is 0 Å². The number of nitrogens with one attached hydrogen (secondary N) is 1. The summed E-state index contributed by atoms with van der Waals surface area (Å²) in [4.78, 5) is 31.0. The number of nitrogens with two attached hydrogens (primary N) is 1. The van der Waals surface area contributed by atoms with Gasteiger partial charge in [-0.15, -0.1) is 0 Å². The van der Waals surface area contributed by atoms with Crippen molar-refractivity contribution < 1.29 is 23.7 Å². The summed E-state index contributed by atoms with van der Waals surface area (Å²) >= 11 is 0. The van der Waals surface area contributed by atoms with Gasteiger partial charge >= 0.3 is 6.03 Å². The van der Waals surface area contributed by atoms with Gasteiger partial charge in [-0.05, 0) is 50.3 Å². The minimum atomic E-state index is -0.673. The summed E-state index contributed by atoms with van der Waals surface area (Å²) in [6, 6.07) is 9.23. The molecule has 13 heteroatoms. The molecule has 4 aromatic rings. The third kappa shape index (κ3) is 5.52. The van der Waals surface area contributed by atoms with Crippen molar-refractivity contribution in [2.75, 3.05) is 49.5 Å². The van der Waals surface area contributed by atoms with E-state index in [-0.39, 0.29) is 6.10 Å². The third-order valence-electron chi connectivity index (χ3n) is 8.89. The number of methoxy groups -OCH3 is 2. The number of nitrogens with zero attached hydrogens (tertiary/aromatic N) is 6. The molecule has 3 aromatic heterocycles. The number of pyridine rings is 2. The van der Waals surface area contributed by atoms with Crippen LogP contribution in [0.15, 0.2) is 36.7 Å². The van der Waals surface area contributed by atoms with Crippen molar-refractivity contribution in [1.82, 2.24) is 19.5 Å². The van der Waals surface area contributed by atoms with Gasteiger partial charge in [0.1, 0.15) is 35.8 Å². The molecule has 1 saturated heterocycles. The Labute approximate surface area is 261 Å². The summed E-state index contributed by atoms with van der Waals surface area (Å²) in [5, 5.41) is 3.49. The Kier molecular flexibility index (Phi) is 7.70. The zero-order chi connectivity index (χ0) is 31.1. The Morgan fingerprint density at radius 2 is 2.00 bits per heavy atom. The molecule has 1 amide bonds. The van der Waals surface area contributed by atoms with E-state index in [0.29, 0.717) is 60.0 Å². The molecular weight excluding hydrogens is 576 g/mol. The molecule has 7 rings (SSSR count). The lowest BCUT2D eigenvalue weighted by Crippen LogP contribution is -2.39. The Hall–Kier alpha value is -4.78. The van der Waals surface area contributed by atoms with E-state index in [1.54, 1.807) is 14.2 Å². The summed E-state index contributed by atoms with van der Waals surface area (Å²) in [7, 11) is 5.20. The largest absolute Gasteiger partial charge is 0.497 e. The third-order valence-corrected chi connectivity index (χ3v) is 8.89. The molecule has 1 atom stereocenters. The fraction of sp³-hybridized carbons (Fsp3) is 0.438. The van der Waals surface area contributed by atoms with Gasteiger partial charge < -0.3 is 39.8 Å². The number of benzene rings is 1. The highest BCUT2D eigenvalue weighted by molar-refractivity contribution is 5.94. The smallest absolute Gasteiger partial charge is 0.325 e. The van der Waals surface area contributed by atoms with Gasteiger partial charge in [0.15, 0.2) is 17.2 Å². The van der Waals surface area contributed by atoms with Crippen molar-refractivity contribution in [2.24, 2.45) is 5.73 Å². The van der Waals surface area contributed by atoms with E-state index in [1.807, 2.05) is 42.3 Å². The number of amides is 1. The number of primary amides is 1. The summed E-state index contributed by atoms with van der Waals surface area (Å²) in [5.41, 5.74) is 9.85. The van der Waals surface area contributed by atoms with Gasteiger partial charge in [0.05, 0.1) is 50.0 Å². The molecule has 236 valence electrons. The molecule has 3 aliphatic rings. The first-order valence-electron chi connectivity index (χ1n) is 15.3. The molecule has 3 N–H and O–H groups in total. The summed E-state index contributed by atoms with van der Waals surface area (Å²) in [5.74, 6) is 3.42. The van der Waals surface area contributed by atoms with Crippen molar-refractivity contribution in [3.05, 3.63) is 47.9 Å². The van der Waals surface area contributed by atoms with Crippen LogP contribution in [0.2, 0.25) is 0 Å². The zero-order valence-electron chi connectivity index (χ0n) is 25.8. The van der Waals surface area contributed by atoms with Gasteiger partial charge in [0.25, 0.3) is 0 Å². The predicted molar refractivity (Wildman–Crippen MR) is 170 cm³/mol. The van der Waals surface area contributed by atoms with Crippen LogP contribution in [0.3, 0.4) is 0 Å². The second kappa shape index (κ2) is 12.0. The monoisotopic (exact) mass is 614 g/mol. The van der Waals surface area contributed by atoms with E-state index in [9.17, 15) is 4.79 Å². The van der Waals surface area contributed by atoms with E-state index in [4.69, 9.17) is 34.6 Å². The Balaban J connectivity index is 1.27. The van der Waals surface area contributed by atoms with Gasteiger partial charge in [-0.25, -0.2) is 24.3 Å². The average Bonchev–Trinajstić information content (AvgIpc) is 3.68. The van der Waals surface area contributed by atoms with Crippen molar-refractivity contribution in [1.29, 1.82) is 0 Å². The number of hydrogen-bond acceptors (Lipinski definition) is 11. The highest BCUT2D eigenvalue weighted by Crippen LogP contribution is 2.43. The van der Waals surface area contributed by atoms with Gasteiger partial charge in [-0.2, -0.15) is 0 Å². The van der Waals surface area contributed by atoms with Crippen LogP contribution in [-0.2, 0) is 17.9 Å². The van der Waals surface area contributed by atoms with Crippen LogP contribution in [0, 0.1) is 0 Å². The number of rotatable bonds is 10. The number of aromatic nitrogens is 4. The molecule has 13 nitrogen and oxygen atoms in total. The van der Waals surface area contributed by atoms with E-state index in [2.05, 4.69) is 15.2 Å². The second-order valence-electron chi connectivity index (χ2n) is 11.8. The van der Waals surface area contributed by atoms with E-state index < -0.39 is 6.03 Å². The molecule has 5 heterocycles. The Bertz CT molecular complexity index is 1740. The van der Waals surface area contributed by atoms with Crippen LogP contribution in [0.1, 0.15) is 43.4 Å². The van der Waals surface area contributed by atoms with Gasteiger partial charge in [0.2, 0.25) is 0 Å². The maximum Gasteiger partial charge on any atom is 0.325 e. The molecule has 0 spiro atoms. The first kappa shape index (κ1) is 29.0. The summed E-state index contributed by atoms with van der Waals surface area (Å²) in [6.45, 7) is 2.44. The summed E-state index contributed by atoms with van der Waals surface area (Å²) in [6.07, 6.45) is 7.25. The number of imidazole rings is 1. The number of ether oxygens (including phenoxy) is 4. The minimum Gasteiger partial charge on any atom is -0.497 e. The molecular formula is C32H38N8O5. The standard InChI is InChI=1S/C32H38N8O5/c1-38(15-19-9-10-23(42-2)13-26(19)43-3)25-14-27(37-30-28(25)34-18-40(30)32(33)41)36-24-12-20(16-44-22-7-4-8-22)35-31-29(24)45-17-21-6-5-11-39(21)31/h9-10,12-14,18,21-22H,4-8,11,15-17H2,1-3H3,(H2,33,41)(H,35,36,37). The van der Waals surface area contributed by atoms with Crippen LogP contribution >= 0.6 is 0 Å². The van der Waals surface area contributed by atoms with Crippen molar-refractivity contribution in [2.45, 2.75) is 57.4 Å². The van der Waals surface area contributed by atoms with E-state index in [1.165, 1.54) is 17.3 Å². The van der Waals surface area contributed by atoms with Crippen molar-refractivity contribution >= 4 is 40.2 Å². The van der Waals surface area contributed by atoms with Crippen molar-refractivity contribution in [3.63, 3.8) is 0 Å². The SMILES string of the molecule is COc1ccc(CN(C)c2cc(Nc3cc(COC4CCC4)nc4c3OCC3CCCN43)nc3c2ncn3C(N)=O)c(OC)c1. The number of anilines is 4. The van der Waals surface area contributed by atoms with E-state index in [0.717, 1.165) is 60.7 Å². The lowest BCUT2D eigenvalue weighted by Gasteiger charge is -2.34. The average molecular weight is 615 g/mol. The molecule has 1 saturated carbocycles.